The molecule has 6 nitrogen and oxygen atoms in total. The van der Waals surface area contributed by atoms with E-state index in [-0.39, 0.29) is 19.1 Å². The molecule has 0 spiro atoms. The Morgan fingerprint density at radius 3 is 2.81 bits per heavy atom. The average molecular weight is 361 g/mol. The van der Waals surface area contributed by atoms with Gasteiger partial charge in [0.2, 0.25) is 5.91 Å². The normalized spacial score (nSPS) is 14.9. The maximum Gasteiger partial charge on any atom is 0.248 e. The largest absolute Gasteiger partial charge is 0.396 e. The van der Waals surface area contributed by atoms with E-state index in [1.807, 2.05) is 30.0 Å². The molecule has 0 aliphatic carbocycles. The van der Waals surface area contributed by atoms with Crippen LogP contribution in [0.2, 0.25) is 0 Å². The van der Waals surface area contributed by atoms with E-state index in [4.69, 9.17) is 0 Å². The van der Waals surface area contributed by atoms with Crippen molar-refractivity contribution in [3.8, 4) is 0 Å². The molecule has 144 valence electrons. The fourth-order valence-electron chi connectivity index (χ4n) is 3.35. The first-order valence-corrected chi connectivity index (χ1v) is 9.70. The van der Waals surface area contributed by atoms with Gasteiger partial charge >= 0.3 is 0 Å². The lowest BCUT2D eigenvalue weighted by molar-refractivity contribution is -0.117. The number of carbonyl (C=O) groups excluding carboxylic acids is 1. The van der Waals surface area contributed by atoms with E-state index in [9.17, 15) is 9.90 Å². The lowest BCUT2D eigenvalue weighted by Gasteiger charge is -2.19. The molecule has 0 saturated carbocycles. The van der Waals surface area contributed by atoms with Crippen LogP contribution in [0.4, 0.5) is 5.69 Å². The summed E-state index contributed by atoms with van der Waals surface area (Å²) in [6, 6.07) is 8.05. The van der Waals surface area contributed by atoms with Crippen LogP contribution in [0.1, 0.15) is 38.7 Å². The zero-order valence-electron chi connectivity index (χ0n) is 16.0. The molecule has 3 N–H and O–H groups in total. The quantitative estimate of drug-likeness (QED) is 0.465. The third kappa shape index (κ3) is 5.73. The number of carbonyl (C=O) groups is 1. The average Bonchev–Trinajstić information content (AvgIpc) is 3.08. The maximum atomic E-state index is 12.6. The number of guanidine groups is 1. The highest BCUT2D eigenvalue weighted by Crippen LogP contribution is 2.27. The summed E-state index contributed by atoms with van der Waals surface area (Å²) in [5.74, 6) is 1.09. The fraction of sp³-hybridized carbons (Fsp3) is 0.600. The topological polar surface area (TPSA) is 77.0 Å². The van der Waals surface area contributed by atoms with Crippen molar-refractivity contribution in [2.24, 2.45) is 10.9 Å². The fourth-order valence-corrected chi connectivity index (χ4v) is 3.35. The minimum absolute atomic E-state index is 0.0209. The smallest absolute Gasteiger partial charge is 0.248 e. The van der Waals surface area contributed by atoms with Crippen LogP contribution < -0.4 is 15.5 Å². The molecule has 2 rings (SSSR count). The molecule has 1 unspecified atom stereocenters. The molecule has 1 aliphatic heterocycles. The second kappa shape index (κ2) is 10.8. The summed E-state index contributed by atoms with van der Waals surface area (Å²) in [6.07, 6.45) is 3.84. The van der Waals surface area contributed by atoms with Gasteiger partial charge in [-0.05, 0) is 43.7 Å². The number of aliphatic hydroxyl groups excluding tert-OH is 1. The van der Waals surface area contributed by atoms with Gasteiger partial charge in [-0.1, -0.05) is 31.5 Å². The van der Waals surface area contributed by atoms with Crippen LogP contribution in [-0.4, -0.2) is 49.8 Å². The van der Waals surface area contributed by atoms with Crippen molar-refractivity contribution >= 4 is 17.6 Å². The lowest BCUT2D eigenvalue weighted by atomic mass is 10.0. The van der Waals surface area contributed by atoms with Crippen molar-refractivity contribution in [2.45, 2.75) is 39.5 Å². The van der Waals surface area contributed by atoms with Crippen molar-refractivity contribution in [3.05, 3.63) is 29.8 Å². The Labute approximate surface area is 156 Å². The first-order chi connectivity index (χ1) is 12.7. The van der Waals surface area contributed by atoms with Gasteiger partial charge in [0.15, 0.2) is 5.96 Å². The zero-order chi connectivity index (χ0) is 18.8. The highest BCUT2D eigenvalue weighted by atomic mass is 16.3. The second-order valence-corrected chi connectivity index (χ2v) is 6.67. The number of benzene rings is 1. The number of aliphatic imine (C=N–C) groups is 1. The van der Waals surface area contributed by atoms with E-state index in [0.717, 1.165) is 51.0 Å². The Balaban J connectivity index is 1.92. The van der Waals surface area contributed by atoms with E-state index < -0.39 is 0 Å². The summed E-state index contributed by atoms with van der Waals surface area (Å²) in [5, 5.41) is 15.7. The number of aliphatic hydroxyl groups is 1. The minimum Gasteiger partial charge on any atom is -0.396 e. The summed E-state index contributed by atoms with van der Waals surface area (Å²) in [5.41, 5.74) is 2.23. The molecular weight excluding hydrogens is 328 g/mol. The van der Waals surface area contributed by atoms with Gasteiger partial charge in [0, 0.05) is 31.9 Å². The number of nitrogens with one attached hydrogen (secondary N) is 2. The first kappa shape index (κ1) is 20.2. The Morgan fingerprint density at radius 1 is 1.27 bits per heavy atom. The standard InChI is InChI=1S/C20H32N4O2/c1-3-7-16(11-13-25)14-22-20(21-4-2)23-15-19(26)24-12-10-17-8-5-6-9-18(17)24/h5-6,8-9,16,25H,3-4,7,10-15H2,1-2H3,(H2,21,22,23). The molecule has 1 aliphatic rings. The van der Waals surface area contributed by atoms with Crippen LogP contribution in [0.5, 0.6) is 0 Å². The highest BCUT2D eigenvalue weighted by Gasteiger charge is 2.23. The number of amides is 1. The number of anilines is 1. The van der Waals surface area contributed by atoms with E-state index in [2.05, 4.69) is 28.6 Å². The summed E-state index contributed by atoms with van der Waals surface area (Å²) in [6.45, 7) is 6.71. The number of nitrogens with zero attached hydrogens (tertiary/aromatic N) is 2. The SMILES string of the molecule is CCCC(CCO)CNC(=NCC(=O)N1CCc2ccccc21)NCC. The van der Waals surface area contributed by atoms with Crippen molar-refractivity contribution in [2.75, 3.05) is 37.7 Å². The molecule has 1 amide bonds. The molecule has 1 aromatic rings. The second-order valence-electron chi connectivity index (χ2n) is 6.67. The summed E-state index contributed by atoms with van der Waals surface area (Å²) >= 11 is 0. The molecular formula is C20H32N4O2. The predicted octanol–water partition coefficient (Wildman–Crippen LogP) is 1.93. The first-order valence-electron chi connectivity index (χ1n) is 9.70. The molecule has 0 fully saturated rings. The van der Waals surface area contributed by atoms with Gasteiger partial charge in [-0.15, -0.1) is 0 Å². The number of rotatable bonds is 9. The number of hydrogen-bond donors (Lipinski definition) is 3. The molecule has 1 atom stereocenters. The molecule has 0 radical (unpaired) electrons. The third-order valence-electron chi connectivity index (χ3n) is 4.70. The van der Waals surface area contributed by atoms with E-state index in [0.29, 0.717) is 11.9 Å². The Bertz CT molecular complexity index is 597. The van der Waals surface area contributed by atoms with Gasteiger partial charge in [0.1, 0.15) is 6.54 Å². The van der Waals surface area contributed by atoms with Crippen molar-refractivity contribution in [1.29, 1.82) is 0 Å². The van der Waals surface area contributed by atoms with Crippen molar-refractivity contribution in [1.82, 2.24) is 10.6 Å². The molecule has 0 bridgehead atoms. The number of hydrogen-bond acceptors (Lipinski definition) is 3. The molecule has 1 heterocycles. The minimum atomic E-state index is 0.0209. The van der Waals surface area contributed by atoms with Crippen LogP contribution in [0, 0.1) is 5.92 Å². The van der Waals surface area contributed by atoms with Crippen LogP contribution in [0.15, 0.2) is 29.3 Å². The van der Waals surface area contributed by atoms with Gasteiger partial charge in [-0.2, -0.15) is 0 Å². The summed E-state index contributed by atoms with van der Waals surface area (Å²) in [7, 11) is 0. The molecule has 1 aromatic carbocycles. The van der Waals surface area contributed by atoms with Gasteiger partial charge in [-0.3, -0.25) is 4.79 Å². The monoisotopic (exact) mass is 360 g/mol. The van der Waals surface area contributed by atoms with Crippen molar-refractivity contribution < 1.29 is 9.90 Å². The van der Waals surface area contributed by atoms with Crippen LogP contribution in [0.3, 0.4) is 0 Å². The highest BCUT2D eigenvalue weighted by molar-refractivity contribution is 5.98. The van der Waals surface area contributed by atoms with Crippen LogP contribution in [0.25, 0.3) is 0 Å². The van der Waals surface area contributed by atoms with Gasteiger partial charge in [0.25, 0.3) is 0 Å². The van der Waals surface area contributed by atoms with E-state index >= 15 is 0 Å². The number of para-hydroxylation sites is 1. The molecule has 6 heteroatoms. The van der Waals surface area contributed by atoms with E-state index in [1.54, 1.807) is 0 Å². The zero-order valence-corrected chi connectivity index (χ0v) is 16.0. The summed E-state index contributed by atoms with van der Waals surface area (Å²) < 4.78 is 0. The van der Waals surface area contributed by atoms with Crippen LogP contribution in [-0.2, 0) is 11.2 Å². The van der Waals surface area contributed by atoms with Gasteiger partial charge < -0.3 is 20.6 Å². The van der Waals surface area contributed by atoms with Gasteiger partial charge in [-0.25, -0.2) is 4.99 Å². The predicted molar refractivity (Wildman–Crippen MR) is 107 cm³/mol. The molecule has 0 saturated heterocycles. The van der Waals surface area contributed by atoms with E-state index in [1.165, 1.54) is 5.56 Å². The maximum absolute atomic E-state index is 12.6. The van der Waals surface area contributed by atoms with Crippen LogP contribution >= 0.6 is 0 Å². The molecule has 26 heavy (non-hydrogen) atoms. The Kier molecular flexibility index (Phi) is 8.41. The summed E-state index contributed by atoms with van der Waals surface area (Å²) in [4.78, 5) is 18.9. The third-order valence-corrected chi connectivity index (χ3v) is 4.70. The number of fused-ring (bicyclic) bond motifs is 1. The van der Waals surface area contributed by atoms with Crippen molar-refractivity contribution in [3.63, 3.8) is 0 Å². The van der Waals surface area contributed by atoms with Gasteiger partial charge in [0.05, 0.1) is 0 Å². The Hall–Kier alpha value is -2.08. The lowest BCUT2D eigenvalue weighted by Crippen LogP contribution is -2.41. The Morgan fingerprint density at radius 2 is 2.08 bits per heavy atom. The molecule has 0 aromatic heterocycles.